The molecular weight excluding hydrogens is 386 g/mol. The second-order valence-electron chi connectivity index (χ2n) is 6.61. The number of carbonyl (C=O) groups excluding carboxylic acids is 1. The number of thioether (sulfide) groups is 1. The fourth-order valence-electron chi connectivity index (χ4n) is 2.89. The molecule has 152 valence electrons. The predicted octanol–water partition coefficient (Wildman–Crippen LogP) is 3.48. The molecule has 1 amide bonds. The first-order valence-electron chi connectivity index (χ1n) is 9.62. The summed E-state index contributed by atoms with van der Waals surface area (Å²) in [5.41, 5.74) is 2.07. The number of ether oxygens (including phenoxy) is 1. The van der Waals surface area contributed by atoms with Gasteiger partial charge >= 0.3 is 0 Å². The number of benzene rings is 2. The topological polar surface area (TPSA) is 73.2 Å². The summed E-state index contributed by atoms with van der Waals surface area (Å²) in [5.74, 6) is 0.542. The van der Waals surface area contributed by atoms with E-state index in [1.807, 2.05) is 37.3 Å². The molecule has 0 atom stereocenters. The van der Waals surface area contributed by atoms with E-state index in [1.54, 1.807) is 29.9 Å². The molecule has 0 radical (unpaired) electrons. The summed E-state index contributed by atoms with van der Waals surface area (Å²) in [4.78, 5) is 30.1. The van der Waals surface area contributed by atoms with Crippen LogP contribution in [0.4, 0.5) is 0 Å². The van der Waals surface area contributed by atoms with Gasteiger partial charge in [0.15, 0.2) is 5.16 Å². The van der Waals surface area contributed by atoms with Crippen molar-refractivity contribution in [3.8, 4) is 0 Å². The van der Waals surface area contributed by atoms with Crippen molar-refractivity contribution in [2.45, 2.75) is 30.8 Å². The maximum Gasteiger partial charge on any atom is 0.262 e. The quantitative estimate of drug-likeness (QED) is 0.431. The van der Waals surface area contributed by atoms with Crippen molar-refractivity contribution < 1.29 is 9.53 Å². The Bertz CT molecular complexity index is 1030. The second-order valence-corrected chi connectivity index (χ2v) is 7.55. The highest BCUT2D eigenvalue weighted by Crippen LogP contribution is 2.22. The minimum atomic E-state index is -0.155. The Balaban J connectivity index is 1.98. The van der Waals surface area contributed by atoms with Gasteiger partial charge in [0.05, 0.1) is 24.1 Å². The molecule has 0 aliphatic carbocycles. The number of carbonyl (C=O) groups is 1. The molecule has 2 aromatic carbocycles. The van der Waals surface area contributed by atoms with E-state index in [0.717, 1.165) is 12.0 Å². The van der Waals surface area contributed by atoms with Gasteiger partial charge in [0.2, 0.25) is 0 Å². The van der Waals surface area contributed by atoms with Gasteiger partial charge in [0.25, 0.3) is 11.5 Å². The lowest BCUT2D eigenvalue weighted by atomic mass is 10.1. The Kier molecular flexibility index (Phi) is 7.43. The molecule has 3 aromatic rings. The van der Waals surface area contributed by atoms with Crippen LogP contribution < -0.4 is 10.9 Å². The van der Waals surface area contributed by atoms with Crippen LogP contribution in [0.15, 0.2) is 58.5 Å². The van der Waals surface area contributed by atoms with Crippen molar-refractivity contribution in [2.24, 2.45) is 0 Å². The molecule has 6 nitrogen and oxygen atoms in total. The number of fused-ring (bicyclic) bond motifs is 1. The van der Waals surface area contributed by atoms with Crippen molar-refractivity contribution in [3.05, 3.63) is 70.0 Å². The van der Waals surface area contributed by atoms with Gasteiger partial charge in [0.1, 0.15) is 0 Å². The molecule has 1 heterocycles. The van der Waals surface area contributed by atoms with Gasteiger partial charge in [0, 0.05) is 25.0 Å². The third-order valence-electron chi connectivity index (χ3n) is 4.45. The summed E-state index contributed by atoms with van der Waals surface area (Å²) in [7, 11) is 1.61. The predicted molar refractivity (Wildman–Crippen MR) is 117 cm³/mol. The zero-order chi connectivity index (χ0) is 20.6. The molecular formula is C22H25N3O3S. The zero-order valence-corrected chi connectivity index (χ0v) is 17.5. The molecule has 0 spiro atoms. The standard InChI is InChI=1S/C22H25N3O3S/c1-3-11-23-20(26)17-9-10-18-19(14-17)24-22(25(21(18)27)12-13-28-2)29-15-16-7-5-4-6-8-16/h4-10,14H,3,11-13,15H2,1-2H3,(H,23,26). The molecule has 0 bridgehead atoms. The first kappa shape index (κ1) is 21.1. The average molecular weight is 412 g/mol. The Hall–Kier alpha value is -2.64. The van der Waals surface area contributed by atoms with Gasteiger partial charge in [-0.2, -0.15) is 0 Å². The summed E-state index contributed by atoms with van der Waals surface area (Å²) in [6.07, 6.45) is 0.863. The number of methoxy groups -OCH3 is 1. The average Bonchev–Trinajstić information content (AvgIpc) is 2.76. The van der Waals surface area contributed by atoms with Crippen LogP contribution in [-0.2, 0) is 17.0 Å². The fraction of sp³-hybridized carbons (Fsp3) is 0.318. The van der Waals surface area contributed by atoms with E-state index in [4.69, 9.17) is 9.72 Å². The van der Waals surface area contributed by atoms with Gasteiger partial charge in [-0.3, -0.25) is 14.2 Å². The third-order valence-corrected chi connectivity index (χ3v) is 5.50. The number of amides is 1. The van der Waals surface area contributed by atoms with E-state index in [2.05, 4.69) is 5.32 Å². The van der Waals surface area contributed by atoms with E-state index in [9.17, 15) is 9.59 Å². The Morgan fingerprint density at radius 1 is 1.21 bits per heavy atom. The number of nitrogens with one attached hydrogen (secondary N) is 1. The van der Waals surface area contributed by atoms with Crippen LogP contribution in [0.5, 0.6) is 0 Å². The van der Waals surface area contributed by atoms with Crippen LogP contribution in [0.2, 0.25) is 0 Å². The van der Waals surface area contributed by atoms with Crippen molar-refractivity contribution in [3.63, 3.8) is 0 Å². The lowest BCUT2D eigenvalue weighted by Crippen LogP contribution is -2.26. The monoisotopic (exact) mass is 411 g/mol. The minimum Gasteiger partial charge on any atom is -0.383 e. The first-order chi connectivity index (χ1) is 14.1. The van der Waals surface area contributed by atoms with Gasteiger partial charge < -0.3 is 10.1 Å². The van der Waals surface area contributed by atoms with E-state index < -0.39 is 0 Å². The zero-order valence-electron chi connectivity index (χ0n) is 16.7. The lowest BCUT2D eigenvalue weighted by molar-refractivity contribution is 0.0954. The summed E-state index contributed by atoms with van der Waals surface area (Å²) in [6, 6.07) is 15.1. The van der Waals surface area contributed by atoms with Crippen LogP contribution >= 0.6 is 11.8 Å². The molecule has 3 rings (SSSR count). The van der Waals surface area contributed by atoms with Crippen molar-refractivity contribution in [1.82, 2.24) is 14.9 Å². The molecule has 0 aliphatic rings. The fourth-order valence-corrected chi connectivity index (χ4v) is 3.88. The van der Waals surface area contributed by atoms with E-state index >= 15 is 0 Å². The molecule has 0 fully saturated rings. The maximum absolute atomic E-state index is 13.1. The van der Waals surface area contributed by atoms with Crippen molar-refractivity contribution in [2.75, 3.05) is 20.3 Å². The second kappa shape index (κ2) is 10.2. The number of aromatic nitrogens is 2. The molecule has 1 aromatic heterocycles. The highest BCUT2D eigenvalue weighted by Gasteiger charge is 2.14. The van der Waals surface area contributed by atoms with Gasteiger partial charge in [-0.1, -0.05) is 49.0 Å². The summed E-state index contributed by atoms with van der Waals surface area (Å²) in [5, 5.41) is 3.97. The number of hydrogen-bond acceptors (Lipinski definition) is 5. The smallest absolute Gasteiger partial charge is 0.262 e. The van der Waals surface area contributed by atoms with Gasteiger partial charge in [-0.25, -0.2) is 4.98 Å². The molecule has 29 heavy (non-hydrogen) atoms. The Morgan fingerprint density at radius 2 is 2.00 bits per heavy atom. The third kappa shape index (κ3) is 5.25. The summed E-state index contributed by atoms with van der Waals surface area (Å²) in [6.45, 7) is 3.46. The normalized spacial score (nSPS) is 11.0. The summed E-state index contributed by atoms with van der Waals surface area (Å²) < 4.78 is 6.82. The van der Waals surface area contributed by atoms with Crippen LogP contribution in [-0.4, -0.2) is 35.7 Å². The molecule has 7 heteroatoms. The van der Waals surface area contributed by atoms with Crippen molar-refractivity contribution in [1.29, 1.82) is 0 Å². The molecule has 0 unspecified atom stereocenters. The van der Waals surface area contributed by atoms with E-state index in [1.165, 1.54) is 11.8 Å². The van der Waals surface area contributed by atoms with E-state index in [0.29, 0.717) is 47.1 Å². The molecule has 0 saturated carbocycles. The minimum absolute atomic E-state index is 0.122. The highest BCUT2D eigenvalue weighted by molar-refractivity contribution is 7.98. The molecule has 0 saturated heterocycles. The number of hydrogen-bond donors (Lipinski definition) is 1. The molecule has 1 N–H and O–H groups in total. The number of rotatable bonds is 9. The molecule has 0 aliphatic heterocycles. The number of nitrogens with zero attached hydrogens (tertiary/aromatic N) is 2. The SMILES string of the molecule is CCCNC(=O)c1ccc2c(=O)n(CCOC)c(SCc3ccccc3)nc2c1. The Labute approximate surface area is 174 Å². The van der Waals surface area contributed by atoms with Crippen LogP contribution in [0.1, 0.15) is 29.3 Å². The van der Waals surface area contributed by atoms with Crippen LogP contribution in [0.3, 0.4) is 0 Å². The first-order valence-corrected chi connectivity index (χ1v) is 10.6. The summed E-state index contributed by atoms with van der Waals surface area (Å²) >= 11 is 1.50. The highest BCUT2D eigenvalue weighted by atomic mass is 32.2. The lowest BCUT2D eigenvalue weighted by Gasteiger charge is -2.13. The van der Waals surface area contributed by atoms with Crippen molar-refractivity contribution >= 4 is 28.6 Å². The van der Waals surface area contributed by atoms with Crippen LogP contribution in [0, 0.1) is 0 Å². The largest absolute Gasteiger partial charge is 0.383 e. The maximum atomic E-state index is 13.1. The van der Waals surface area contributed by atoms with E-state index in [-0.39, 0.29) is 11.5 Å². The van der Waals surface area contributed by atoms with Gasteiger partial charge in [-0.05, 0) is 30.2 Å². The van der Waals surface area contributed by atoms with Crippen LogP contribution in [0.25, 0.3) is 10.9 Å². The van der Waals surface area contributed by atoms with Gasteiger partial charge in [-0.15, -0.1) is 0 Å². The Morgan fingerprint density at radius 3 is 2.72 bits per heavy atom.